The highest BCUT2D eigenvalue weighted by Gasteiger charge is 2.51. The Morgan fingerprint density at radius 3 is 2.33 bits per heavy atom. The molecule has 3 rings (SSSR count). The van der Waals surface area contributed by atoms with Gasteiger partial charge in [0.05, 0.1) is 31.8 Å². The summed E-state index contributed by atoms with van der Waals surface area (Å²) < 4.78 is 39.5. The maximum atomic E-state index is 13.3. The minimum absolute atomic E-state index is 0.191. The molecule has 146 valence electrons. The van der Waals surface area contributed by atoms with Crippen LogP contribution in [0.15, 0.2) is 64.4 Å². The predicted octanol–water partition coefficient (Wildman–Crippen LogP) is 3.64. The van der Waals surface area contributed by atoms with Gasteiger partial charge in [-0.15, -0.1) is 0 Å². The third-order valence-corrected chi connectivity index (χ3v) is 9.77. The van der Waals surface area contributed by atoms with E-state index in [2.05, 4.69) is 0 Å². The Hall–Kier alpha value is -1.50. The lowest BCUT2D eigenvalue weighted by Crippen LogP contribution is -2.56. The van der Waals surface area contributed by atoms with Gasteiger partial charge < -0.3 is 5.11 Å². The minimum Gasteiger partial charge on any atom is -0.387 e. The van der Waals surface area contributed by atoms with Crippen LogP contribution in [0.3, 0.4) is 0 Å². The van der Waals surface area contributed by atoms with Crippen molar-refractivity contribution in [1.82, 2.24) is 0 Å². The van der Waals surface area contributed by atoms with E-state index >= 15 is 0 Å². The van der Waals surface area contributed by atoms with Gasteiger partial charge in [0, 0.05) is 4.90 Å². The van der Waals surface area contributed by atoms with Crippen molar-refractivity contribution >= 4 is 20.6 Å². The van der Waals surface area contributed by atoms with E-state index in [1.807, 2.05) is 19.1 Å². The highest BCUT2D eigenvalue weighted by Crippen LogP contribution is 2.40. The molecule has 2 aromatic carbocycles. The molecule has 6 heteroatoms. The molecular formula is C21H26O4S2. The van der Waals surface area contributed by atoms with Gasteiger partial charge >= 0.3 is 0 Å². The van der Waals surface area contributed by atoms with Crippen LogP contribution in [0.25, 0.3) is 0 Å². The number of aliphatic hydroxyl groups is 1. The Morgan fingerprint density at radius 2 is 1.70 bits per heavy atom. The van der Waals surface area contributed by atoms with E-state index in [0.29, 0.717) is 17.7 Å². The Balaban J connectivity index is 1.97. The molecule has 4 atom stereocenters. The smallest absolute Gasteiger partial charge is 0.183 e. The predicted molar refractivity (Wildman–Crippen MR) is 108 cm³/mol. The molecule has 1 N–H and O–H groups in total. The lowest BCUT2D eigenvalue weighted by atomic mass is 9.82. The van der Waals surface area contributed by atoms with Gasteiger partial charge in [-0.2, -0.15) is 0 Å². The molecule has 0 aromatic heterocycles. The first-order chi connectivity index (χ1) is 12.8. The van der Waals surface area contributed by atoms with Gasteiger partial charge in [0.2, 0.25) is 0 Å². The summed E-state index contributed by atoms with van der Waals surface area (Å²) in [7, 11) is -5.21. The molecule has 1 fully saturated rings. The van der Waals surface area contributed by atoms with Crippen LogP contribution < -0.4 is 0 Å². The molecule has 0 amide bonds. The summed E-state index contributed by atoms with van der Waals surface area (Å²) in [6.07, 6.45) is 2.45. The average Bonchev–Trinajstić information content (AvgIpc) is 2.68. The zero-order valence-corrected chi connectivity index (χ0v) is 17.3. The van der Waals surface area contributed by atoms with Gasteiger partial charge in [0.25, 0.3) is 0 Å². The summed E-state index contributed by atoms with van der Waals surface area (Å²) >= 11 is 0. The fraction of sp³-hybridized carbons (Fsp3) is 0.429. The van der Waals surface area contributed by atoms with Crippen LogP contribution in [0, 0.1) is 6.92 Å². The van der Waals surface area contributed by atoms with Crippen molar-refractivity contribution in [2.75, 3.05) is 0 Å². The summed E-state index contributed by atoms with van der Waals surface area (Å²) in [6, 6.07) is 15.6. The molecule has 0 spiro atoms. The first-order valence-corrected chi connectivity index (χ1v) is 12.0. The summed E-state index contributed by atoms with van der Waals surface area (Å²) in [5.41, 5.74) is -0.461. The zero-order chi connectivity index (χ0) is 19.7. The van der Waals surface area contributed by atoms with Crippen molar-refractivity contribution in [3.8, 4) is 0 Å². The van der Waals surface area contributed by atoms with E-state index in [0.717, 1.165) is 18.4 Å². The van der Waals surface area contributed by atoms with Crippen LogP contribution in [-0.2, 0) is 20.6 Å². The van der Waals surface area contributed by atoms with Crippen molar-refractivity contribution in [2.45, 2.75) is 65.4 Å². The fourth-order valence-electron chi connectivity index (χ4n) is 3.83. The first kappa shape index (κ1) is 20.2. The van der Waals surface area contributed by atoms with E-state index in [4.69, 9.17) is 0 Å². The quantitative estimate of drug-likeness (QED) is 0.823. The van der Waals surface area contributed by atoms with Crippen molar-refractivity contribution in [2.24, 2.45) is 0 Å². The summed E-state index contributed by atoms with van der Waals surface area (Å²) in [5.74, 6) is 0. The Kier molecular flexibility index (Phi) is 5.89. The van der Waals surface area contributed by atoms with Crippen molar-refractivity contribution in [1.29, 1.82) is 0 Å². The molecule has 1 aliphatic carbocycles. The summed E-state index contributed by atoms with van der Waals surface area (Å²) in [4.78, 5) is 0.826. The van der Waals surface area contributed by atoms with E-state index in [1.54, 1.807) is 49.4 Å². The average molecular weight is 407 g/mol. The zero-order valence-electron chi connectivity index (χ0n) is 15.7. The second kappa shape index (κ2) is 7.86. The van der Waals surface area contributed by atoms with E-state index in [-0.39, 0.29) is 4.90 Å². The van der Waals surface area contributed by atoms with Crippen LogP contribution in [0.1, 0.15) is 38.2 Å². The molecule has 0 bridgehead atoms. The molecule has 0 saturated heterocycles. The van der Waals surface area contributed by atoms with Gasteiger partial charge in [-0.25, -0.2) is 8.42 Å². The van der Waals surface area contributed by atoms with Crippen molar-refractivity contribution < 1.29 is 17.7 Å². The lowest BCUT2D eigenvalue weighted by Gasteiger charge is -2.43. The van der Waals surface area contributed by atoms with Crippen LogP contribution in [0.4, 0.5) is 0 Å². The summed E-state index contributed by atoms with van der Waals surface area (Å²) in [6.45, 7) is 3.51. The number of aryl methyl sites for hydroxylation is 1. The van der Waals surface area contributed by atoms with Gasteiger partial charge in [0.15, 0.2) is 9.84 Å². The second-order valence-electron chi connectivity index (χ2n) is 7.34. The molecule has 0 radical (unpaired) electrons. The SMILES string of the molecule is Cc1ccc(S(=O)[C@H]2CCCC[C@@]2(O)[C@@H](C)S(=O)(=O)c2ccccc2)cc1. The first-order valence-electron chi connectivity index (χ1n) is 9.25. The molecule has 4 nitrogen and oxygen atoms in total. The largest absolute Gasteiger partial charge is 0.387 e. The molecule has 2 aromatic rings. The number of hydrogen-bond acceptors (Lipinski definition) is 4. The highest BCUT2D eigenvalue weighted by atomic mass is 32.2. The molecule has 1 unspecified atom stereocenters. The topological polar surface area (TPSA) is 71.4 Å². The second-order valence-corrected chi connectivity index (χ2v) is 11.2. The normalized spacial score (nSPS) is 25.7. The summed E-state index contributed by atoms with van der Waals surface area (Å²) in [5, 5.41) is 9.87. The minimum atomic E-state index is -3.74. The number of hydrogen-bond donors (Lipinski definition) is 1. The van der Waals surface area contributed by atoms with Gasteiger partial charge in [-0.05, 0) is 51.0 Å². The monoisotopic (exact) mass is 406 g/mol. The van der Waals surface area contributed by atoms with E-state index in [1.165, 1.54) is 0 Å². The standard InChI is InChI=1S/C21H26O4S2/c1-16-11-13-18(14-12-16)26(23)20-10-6-7-15-21(20,22)17(2)27(24,25)19-8-4-3-5-9-19/h3-5,8-9,11-14,17,20,22H,6-7,10,15H2,1-2H3/t17-,20+,21-,26?/m1/s1. The third-order valence-electron chi connectivity index (χ3n) is 5.60. The molecule has 1 aliphatic rings. The number of rotatable bonds is 5. The van der Waals surface area contributed by atoms with Crippen LogP contribution in [0.5, 0.6) is 0 Å². The third kappa shape index (κ3) is 3.89. The van der Waals surface area contributed by atoms with Gasteiger partial charge in [0.1, 0.15) is 0 Å². The Labute approximate surface area is 164 Å². The van der Waals surface area contributed by atoms with Gasteiger partial charge in [-0.3, -0.25) is 4.21 Å². The molecular weight excluding hydrogens is 380 g/mol. The maximum absolute atomic E-state index is 13.3. The Bertz CT molecular complexity index is 907. The lowest BCUT2D eigenvalue weighted by molar-refractivity contribution is 0.00902. The van der Waals surface area contributed by atoms with Crippen molar-refractivity contribution in [3.63, 3.8) is 0 Å². The van der Waals surface area contributed by atoms with E-state index in [9.17, 15) is 17.7 Å². The number of benzene rings is 2. The van der Waals surface area contributed by atoms with Crippen molar-refractivity contribution in [3.05, 3.63) is 60.2 Å². The molecule has 0 aliphatic heterocycles. The number of sulfone groups is 1. The molecule has 0 heterocycles. The van der Waals surface area contributed by atoms with Crippen LogP contribution in [-0.4, -0.2) is 33.8 Å². The highest BCUT2D eigenvalue weighted by molar-refractivity contribution is 7.92. The molecule has 1 saturated carbocycles. The fourth-order valence-corrected chi connectivity index (χ4v) is 7.48. The van der Waals surface area contributed by atoms with Gasteiger partial charge in [-0.1, -0.05) is 48.7 Å². The van der Waals surface area contributed by atoms with E-state index < -0.39 is 36.7 Å². The molecule has 27 heavy (non-hydrogen) atoms. The van der Waals surface area contributed by atoms with Crippen LogP contribution in [0.2, 0.25) is 0 Å². The van der Waals surface area contributed by atoms with Crippen LogP contribution >= 0.6 is 0 Å². The Morgan fingerprint density at radius 1 is 1.07 bits per heavy atom. The maximum Gasteiger partial charge on any atom is 0.183 e.